The molecule has 2 aromatic rings. The molecule has 4 heteroatoms. The van der Waals surface area contributed by atoms with Crippen molar-refractivity contribution >= 4 is 57.3 Å². The number of thiophene rings is 1. The lowest BCUT2D eigenvalue weighted by molar-refractivity contribution is 1.31. The number of hydrogen-bond acceptors (Lipinski definition) is 2. The molecular weight excluding hydrogens is 243 g/mol. The topological polar surface area (TPSA) is 0 Å². The van der Waals surface area contributed by atoms with Gasteiger partial charge in [-0.2, -0.15) is 0 Å². The third-order valence-corrected chi connectivity index (χ3v) is 3.81. The number of halogens is 2. The van der Waals surface area contributed by atoms with E-state index < -0.39 is 0 Å². The summed E-state index contributed by atoms with van der Waals surface area (Å²) in [5.41, 5.74) is 1.06. The summed E-state index contributed by atoms with van der Waals surface area (Å²) >= 11 is 17.7. The molecule has 0 nitrogen and oxygen atoms in total. The van der Waals surface area contributed by atoms with Gasteiger partial charge in [0.05, 0.1) is 4.34 Å². The maximum absolute atomic E-state index is 5.91. The molecule has 0 unspecified atom stereocenters. The minimum atomic E-state index is 0.475. The van der Waals surface area contributed by atoms with Crippen LogP contribution >= 0.6 is 47.2 Å². The zero-order valence-electron chi connectivity index (χ0n) is 6.55. The minimum Gasteiger partial charge on any atom is -0.143 e. The van der Waals surface area contributed by atoms with Crippen LogP contribution < -0.4 is 0 Å². The highest BCUT2D eigenvalue weighted by atomic mass is 35.5. The van der Waals surface area contributed by atoms with Crippen LogP contribution in [0.5, 0.6) is 0 Å². The third kappa shape index (κ3) is 1.68. The molecule has 0 fully saturated rings. The molecule has 0 aliphatic carbocycles. The maximum Gasteiger partial charge on any atom is 0.0940 e. The fraction of sp³-hybridized carbons (Fsp3) is 0.111. The van der Waals surface area contributed by atoms with Gasteiger partial charge in [0.1, 0.15) is 0 Å². The highest BCUT2D eigenvalue weighted by Gasteiger charge is 2.07. The summed E-state index contributed by atoms with van der Waals surface area (Å²) in [4.78, 5) is 0.928. The zero-order chi connectivity index (χ0) is 9.42. The van der Waals surface area contributed by atoms with Crippen molar-refractivity contribution in [1.82, 2.24) is 0 Å². The van der Waals surface area contributed by atoms with Gasteiger partial charge in [-0.25, -0.2) is 0 Å². The number of hydrogen-bond donors (Lipinski definition) is 1. The number of rotatable bonds is 1. The van der Waals surface area contributed by atoms with Gasteiger partial charge >= 0.3 is 0 Å². The molecule has 1 heterocycles. The van der Waals surface area contributed by atoms with Gasteiger partial charge in [-0.15, -0.1) is 35.6 Å². The van der Waals surface area contributed by atoms with Gasteiger partial charge in [0, 0.05) is 15.5 Å². The van der Waals surface area contributed by atoms with Gasteiger partial charge in [-0.3, -0.25) is 0 Å². The summed E-state index contributed by atoms with van der Waals surface area (Å²) in [7, 11) is 0. The highest BCUT2D eigenvalue weighted by molar-refractivity contribution is 7.80. The molecule has 0 saturated carbocycles. The normalized spacial score (nSPS) is 11.0. The van der Waals surface area contributed by atoms with Gasteiger partial charge < -0.3 is 0 Å². The molecule has 1 aromatic heterocycles. The molecule has 0 saturated heterocycles. The molecule has 2 rings (SSSR count). The van der Waals surface area contributed by atoms with E-state index in [1.807, 2.05) is 18.2 Å². The van der Waals surface area contributed by atoms with E-state index in [4.69, 9.17) is 23.2 Å². The highest BCUT2D eigenvalue weighted by Crippen LogP contribution is 2.34. The molecule has 0 spiro atoms. The second kappa shape index (κ2) is 3.70. The second-order valence-corrected chi connectivity index (χ2v) is 5.12. The number of alkyl halides is 1. The smallest absolute Gasteiger partial charge is 0.0940 e. The van der Waals surface area contributed by atoms with Gasteiger partial charge in [-0.05, 0) is 29.1 Å². The molecule has 0 N–H and O–H groups in total. The lowest BCUT2D eigenvalue weighted by Crippen LogP contribution is -1.80. The van der Waals surface area contributed by atoms with Crippen LogP contribution in [0.4, 0.5) is 0 Å². The van der Waals surface area contributed by atoms with E-state index >= 15 is 0 Å². The Morgan fingerprint density at radius 2 is 2.15 bits per heavy atom. The SMILES string of the molecule is Sc1ccc2sc(Cl)cc2c1CCl. The molecule has 1 aromatic carbocycles. The number of thiol groups is 1. The number of benzene rings is 1. The van der Waals surface area contributed by atoms with Gasteiger partial charge in [0.2, 0.25) is 0 Å². The minimum absolute atomic E-state index is 0.475. The van der Waals surface area contributed by atoms with E-state index in [0.717, 1.165) is 20.2 Å². The summed E-state index contributed by atoms with van der Waals surface area (Å²) in [6.07, 6.45) is 0. The van der Waals surface area contributed by atoms with E-state index in [-0.39, 0.29) is 0 Å². The molecule has 0 aliphatic heterocycles. The van der Waals surface area contributed by atoms with Crippen molar-refractivity contribution < 1.29 is 0 Å². The lowest BCUT2D eigenvalue weighted by Gasteiger charge is -2.01. The Bertz CT molecular complexity index is 448. The third-order valence-electron chi connectivity index (χ3n) is 1.89. The Morgan fingerprint density at radius 3 is 2.85 bits per heavy atom. The summed E-state index contributed by atoms with van der Waals surface area (Å²) in [6, 6.07) is 5.92. The largest absolute Gasteiger partial charge is 0.143 e. The van der Waals surface area contributed by atoms with E-state index in [2.05, 4.69) is 12.6 Å². The van der Waals surface area contributed by atoms with Crippen molar-refractivity contribution in [1.29, 1.82) is 0 Å². The van der Waals surface area contributed by atoms with E-state index in [9.17, 15) is 0 Å². The summed E-state index contributed by atoms with van der Waals surface area (Å²) in [5.74, 6) is 0.475. The van der Waals surface area contributed by atoms with Gasteiger partial charge in [0.25, 0.3) is 0 Å². The first kappa shape index (κ1) is 9.66. The lowest BCUT2D eigenvalue weighted by atomic mass is 10.1. The van der Waals surface area contributed by atoms with Crippen molar-refractivity contribution in [3.05, 3.63) is 28.1 Å². The average molecular weight is 249 g/mol. The number of fused-ring (bicyclic) bond motifs is 1. The van der Waals surface area contributed by atoms with Crippen LogP contribution in [0.2, 0.25) is 4.34 Å². The fourth-order valence-corrected chi connectivity index (χ4v) is 3.10. The Morgan fingerprint density at radius 1 is 1.38 bits per heavy atom. The standard InChI is InChI=1S/C9H6Cl2S2/c10-4-6-5-3-9(11)13-8(5)2-1-7(6)12/h1-3,12H,4H2. The Kier molecular flexibility index (Phi) is 2.75. The summed E-state index contributed by atoms with van der Waals surface area (Å²) in [6.45, 7) is 0. The maximum atomic E-state index is 5.91. The first-order valence-corrected chi connectivity index (χ1v) is 5.86. The van der Waals surface area contributed by atoms with Crippen LogP contribution in [0.25, 0.3) is 10.1 Å². The van der Waals surface area contributed by atoms with Crippen LogP contribution in [0.3, 0.4) is 0 Å². The predicted molar refractivity (Wildman–Crippen MR) is 63.6 cm³/mol. The van der Waals surface area contributed by atoms with Crippen molar-refractivity contribution in [2.75, 3.05) is 0 Å². The van der Waals surface area contributed by atoms with Crippen molar-refractivity contribution in [2.24, 2.45) is 0 Å². The van der Waals surface area contributed by atoms with Crippen molar-refractivity contribution in [3.8, 4) is 0 Å². The molecule has 13 heavy (non-hydrogen) atoms. The average Bonchev–Trinajstić information content (AvgIpc) is 2.45. The van der Waals surface area contributed by atoms with Crippen LogP contribution in [-0.4, -0.2) is 0 Å². The van der Waals surface area contributed by atoms with Crippen LogP contribution in [0.1, 0.15) is 5.56 Å². The molecule has 68 valence electrons. The first-order valence-electron chi connectivity index (χ1n) is 3.68. The first-order chi connectivity index (χ1) is 6.22. The van der Waals surface area contributed by atoms with Crippen molar-refractivity contribution in [3.63, 3.8) is 0 Å². The molecule has 0 radical (unpaired) electrons. The molecular formula is C9H6Cl2S2. The van der Waals surface area contributed by atoms with Gasteiger partial charge in [0.15, 0.2) is 0 Å². The summed E-state index contributed by atoms with van der Waals surface area (Å²) in [5, 5.41) is 1.12. The van der Waals surface area contributed by atoms with Crippen LogP contribution in [0.15, 0.2) is 23.1 Å². The Hall–Kier alpha value is 0.110. The fourth-order valence-electron chi connectivity index (χ4n) is 1.27. The Labute approximate surface area is 95.9 Å². The predicted octanol–water partition coefficient (Wildman–Crippen LogP) is 4.58. The quantitative estimate of drug-likeness (QED) is 0.555. The molecule has 0 aliphatic rings. The van der Waals surface area contributed by atoms with Crippen LogP contribution in [-0.2, 0) is 5.88 Å². The van der Waals surface area contributed by atoms with Crippen molar-refractivity contribution in [2.45, 2.75) is 10.8 Å². The van der Waals surface area contributed by atoms with E-state index in [0.29, 0.717) is 5.88 Å². The Balaban J connectivity index is 2.82. The molecule has 0 atom stereocenters. The van der Waals surface area contributed by atoms with E-state index in [1.54, 1.807) is 11.3 Å². The van der Waals surface area contributed by atoms with Gasteiger partial charge in [-0.1, -0.05) is 11.6 Å². The monoisotopic (exact) mass is 248 g/mol. The van der Waals surface area contributed by atoms with Crippen LogP contribution in [0, 0.1) is 0 Å². The second-order valence-electron chi connectivity index (χ2n) is 2.66. The zero-order valence-corrected chi connectivity index (χ0v) is 9.77. The summed E-state index contributed by atoms with van der Waals surface area (Å²) < 4.78 is 1.96. The van der Waals surface area contributed by atoms with E-state index in [1.165, 1.54) is 4.70 Å². The molecule has 0 amide bonds. The molecule has 0 bridgehead atoms.